The molecule has 1 aliphatic carbocycles. The summed E-state index contributed by atoms with van der Waals surface area (Å²) in [5, 5.41) is 30.7. The van der Waals surface area contributed by atoms with Crippen LogP contribution in [0.15, 0.2) is 24.3 Å². The lowest BCUT2D eigenvalue weighted by Crippen LogP contribution is -2.46. The van der Waals surface area contributed by atoms with Gasteiger partial charge in [-0.1, -0.05) is 12.1 Å². The van der Waals surface area contributed by atoms with Gasteiger partial charge >= 0.3 is 6.18 Å². The lowest BCUT2D eigenvalue weighted by atomic mass is 9.91. The normalized spacial score (nSPS) is 25.1. The number of anilines is 2. The van der Waals surface area contributed by atoms with Crippen LogP contribution in [0, 0.1) is 12.8 Å². The highest BCUT2D eigenvalue weighted by molar-refractivity contribution is 7.21. The molecule has 4 atom stereocenters. The van der Waals surface area contributed by atoms with Crippen molar-refractivity contribution in [3.63, 3.8) is 0 Å². The first kappa shape index (κ1) is 24.6. The molecule has 1 saturated carbocycles. The third-order valence-corrected chi connectivity index (χ3v) is 7.22. The van der Waals surface area contributed by atoms with E-state index in [0.29, 0.717) is 29.2 Å². The summed E-state index contributed by atoms with van der Waals surface area (Å²) in [7, 11) is 1.76. The number of hydrogen-bond acceptors (Lipinski definition) is 9. The molecule has 1 fully saturated rings. The highest BCUT2D eigenvalue weighted by Gasteiger charge is 2.50. The Morgan fingerprint density at radius 3 is 2.62 bits per heavy atom. The van der Waals surface area contributed by atoms with Gasteiger partial charge in [-0.15, -0.1) is 11.3 Å². The molecule has 3 aromatic rings. The Morgan fingerprint density at radius 2 is 1.94 bits per heavy atom. The van der Waals surface area contributed by atoms with Gasteiger partial charge < -0.3 is 26.2 Å². The molecule has 1 aliphatic rings. The van der Waals surface area contributed by atoms with Crippen LogP contribution in [0.2, 0.25) is 0 Å². The van der Waals surface area contributed by atoms with Crippen LogP contribution in [0.3, 0.4) is 0 Å². The summed E-state index contributed by atoms with van der Waals surface area (Å²) in [5.41, 5.74) is 0.413. The van der Waals surface area contributed by atoms with E-state index in [4.69, 9.17) is 0 Å². The lowest BCUT2D eigenvalue weighted by Gasteiger charge is -2.29. The number of thiazole rings is 1. The Hall–Kier alpha value is -2.54. The van der Waals surface area contributed by atoms with Gasteiger partial charge in [0.2, 0.25) is 5.95 Å². The summed E-state index contributed by atoms with van der Waals surface area (Å²) in [6.45, 7) is 2.47. The molecule has 1 unspecified atom stereocenters. The number of nitrogens with zero attached hydrogens (tertiary/aromatic N) is 3. The van der Waals surface area contributed by atoms with Crippen molar-refractivity contribution in [2.45, 2.75) is 44.2 Å². The number of fused-ring (bicyclic) bond motifs is 1. The lowest BCUT2D eigenvalue weighted by molar-refractivity contribution is -0.115. The van der Waals surface area contributed by atoms with Crippen molar-refractivity contribution in [3.8, 4) is 10.6 Å². The van der Waals surface area contributed by atoms with Crippen molar-refractivity contribution in [3.05, 3.63) is 30.0 Å². The molecule has 1 aromatic carbocycles. The molecule has 0 spiro atoms. The first-order chi connectivity index (χ1) is 16.0. The van der Waals surface area contributed by atoms with Gasteiger partial charge in [0.15, 0.2) is 0 Å². The van der Waals surface area contributed by atoms with E-state index in [2.05, 4.69) is 30.9 Å². The predicted octanol–water partition coefficient (Wildman–Crippen LogP) is 3.17. The molecule has 2 heterocycles. The highest BCUT2D eigenvalue weighted by atomic mass is 32.1. The van der Waals surface area contributed by atoms with Crippen molar-refractivity contribution >= 4 is 33.3 Å². The SMILES string of the molecule is CNC[C@H]1C[C@@H](Nc2nc(NCC(F)(F)F)nc(C)c2-c2nc3ccccc3s2)[C@H](O)C1(C)O. The number of aryl methyl sites for hydroxylation is 1. The van der Waals surface area contributed by atoms with Gasteiger partial charge in [-0.3, -0.25) is 0 Å². The van der Waals surface area contributed by atoms with Gasteiger partial charge in [0.25, 0.3) is 0 Å². The number of hydrogen-bond donors (Lipinski definition) is 5. The minimum Gasteiger partial charge on any atom is -0.388 e. The smallest absolute Gasteiger partial charge is 0.388 e. The van der Waals surface area contributed by atoms with Crippen molar-refractivity contribution in [2.24, 2.45) is 5.92 Å². The van der Waals surface area contributed by atoms with Crippen LogP contribution in [0.4, 0.5) is 24.9 Å². The Labute approximate surface area is 198 Å². The van der Waals surface area contributed by atoms with Crippen molar-refractivity contribution in [1.29, 1.82) is 0 Å². The summed E-state index contributed by atoms with van der Waals surface area (Å²) in [6.07, 6.45) is -5.11. The fourth-order valence-corrected chi connectivity index (χ4v) is 5.41. The largest absolute Gasteiger partial charge is 0.405 e. The Kier molecular flexibility index (Phi) is 6.69. The average molecular weight is 497 g/mol. The zero-order valence-corrected chi connectivity index (χ0v) is 19.8. The Bertz CT molecular complexity index is 1140. The van der Waals surface area contributed by atoms with Crippen LogP contribution < -0.4 is 16.0 Å². The van der Waals surface area contributed by atoms with Gasteiger partial charge in [-0.2, -0.15) is 18.2 Å². The number of halogens is 3. The van der Waals surface area contributed by atoms with E-state index in [1.54, 1.807) is 20.9 Å². The molecule has 8 nitrogen and oxygen atoms in total. The maximum absolute atomic E-state index is 12.8. The van der Waals surface area contributed by atoms with Crippen LogP contribution in [-0.2, 0) is 0 Å². The first-order valence-corrected chi connectivity index (χ1v) is 11.7. The molecule has 0 amide bonds. The zero-order valence-electron chi connectivity index (χ0n) is 18.9. The number of aromatic nitrogens is 3. The molecular formula is C22H27F3N6O2S. The minimum absolute atomic E-state index is 0.187. The quantitative estimate of drug-likeness (QED) is 0.339. The fraction of sp³-hybridized carbons (Fsp3) is 0.500. The van der Waals surface area contributed by atoms with Crippen LogP contribution in [0.5, 0.6) is 0 Å². The summed E-state index contributed by atoms with van der Waals surface area (Å²) in [4.78, 5) is 13.2. The van der Waals surface area contributed by atoms with E-state index in [1.165, 1.54) is 11.3 Å². The molecule has 5 N–H and O–H groups in total. The van der Waals surface area contributed by atoms with Crippen LogP contribution in [0.25, 0.3) is 20.8 Å². The molecule has 0 radical (unpaired) electrons. The van der Waals surface area contributed by atoms with Gasteiger partial charge in [0, 0.05) is 12.5 Å². The summed E-state index contributed by atoms with van der Waals surface area (Å²) >= 11 is 1.42. The molecule has 34 heavy (non-hydrogen) atoms. The van der Waals surface area contributed by atoms with Gasteiger partial charge in [0.1, 0.15) is 23.5 Å². The fourth-order valence-electron chi connectivity index (χ4n) is 4.34. The molecule has 0 saturated heterocycles. The van der Waals surface area contributed by atoms with E-state index < -0.39 is 30.5 Å². The molecule has 0 bridgehead atoms. The first-order valence-electron chi connectivity index (χ1n) is 10.9. The van der Waals surface area contributed by atoms with Crippen molar-refractivity contribution < 1.29 is 23.4 Å². The molecule has 184 valence electrons. The number of aliphatic hydroxyl groups is 2. The van der Waals surface area contributed by atoms with Crippen LogP contribution >= 0.6 is 11.3 Å². The molecular weight excluding hydrogens is 469 g/mol. The van der Waals surface area contributed by atoms with Gasteiger partial charge in [-0.05, 0) is 39.4 Å². The second-order valence-electron chi connectivity index (χ2n) is 8.72. The molecule has 4 rings (SSSR count). The number of nitrogens with one attached hydrogen (secondary N) is 3. The number of para-hydroxylation sites is 1. The van der Waals surface area contributed by atoms with Crippen molar-refractivity contribution in [1.82, 2.24) is 20.3 Å². The predicted molar refractivity (Wildman–Crippen MR) is 126 cm³/mol. The zero-order chi connectivity index (χ0) is 24.7. The minimum atomic E-state index is -4.43. The van der Waals surface area contributed by atoms with E-state index in [9.17, 15) is 23.4 Å². The number of rotatable bonds is 7. The molecule has 0 aliphatic heterocycles. The summed E-state index contributed by atoms with van der Waals surface area (Å²) < 4.78 is 39.3. The average Bonchev–Trinajstić information content (AvgIpc) is 3.26. The Morgan fingerprint density at radius 1 is 1.21 bits per heavy atom. The second-order valence-corrected chi connectivity index (χ2v) is 9.75. The number of aliphatic hydroxyl groups excluding tert-OH is 1. The van der Waals surface area contributed by atoms with E-state index >= 15 is 0 Å². The van der Waals surface area contributed by atoms with E-state index in [0.717, 1.165) is 10.2 Å². The number of alkyl halides is 3. The maximum atomic E-state index is 12.8. The van der Waals surface area contributed by atoms with Crippen LogP contribution in [0.1, 0.15) is 19.0 Å². The van der Waals surface area contributed by atoms with Crippen LogP contribution in [-0.4, -0.2) is 69.2 Å². The third-order valence-electron chi connectivity index (χ3n) is 6.16. The van der Waals surface area contributed by atoms with Gasteiger partial charge in [0.05, 0.1) is 33.1 Å². The van der Waals surface area contributed by atoms with Crippen molar-refractivity contribution in [2.75, 3.05) is 30.8 Å². The molecule has 2 aromatic heterocycles. The standard InChI is InChI=1S/C22H27F3N6O2S/c1-11-16(19-30-13-6-4-5-7-15(13)34-19)18(31-20(28-11)27-10-22(23,24)25)29-14-8-12(9-26-3)21(2,33)17(14)32/h4-7,12,14,17,26,32-33H,8-10H2,1-3H3,(H2,27,28,29,31)/t12-,14-,17+,21?/m1/s1. The molecule has 12 heteroatoms. The summed E-state index contributed by atoms with van der Waals surface area (Å²) in [6, 6.07) is 7.00. The highest BCUT2D eigenvalue weighted by Crippen LogP contribution is 2.40. The Balaban J connectivity index is 1.74. The topological polar surface area (TPSA) is 115 Å². The second kappa shape index (κ2) is 9.25. The number of benzene rings is 1. The van der Waals surface area contributed by atoms with Gasteiger partial charge in [-0.25, -0.2) is 9.97 Å². The monoisotopic (exact) mass is 496 g/mol. The summed E-state index contributed by atoms with van der Waals surface area (Å²) in [5.74, 6) is -0.170. The van der Waals surface area contributed by atoms with E-state index in [-0.39, 0.29) is 17.7 Å². The third kappa shape index (κ3) is 4.95. The van der Waals surface area contributed by atoms with E-state index in [1.807, 2.05) is 24.3 Å². The maximum Gasteiger partial charge on any atom is 0.405 e.